The normalized spacial score (nSPS) is 11.2. The molecule has 8 nitrogen and oxygen atoms in total. The van der Waals surface area contributed by atoms with E-state index in [1.165, 1.54) is 18.2 Å². The van der Waals surface area contributed by atoms with Crippen LogP contribution in [0.4, 0.5) is 11.4 Å². The number of aromatic nitrogens is 1. The summed E-state index contributed by atoms with van der Waals surface area (Å²) in [7, 11) is 0. The Labute approximate surface area is 234 Å². The number of anilines is 1. The molecule has 0 aliphatic heterocycles. The van der Waals surface area contributed by atoms with Crippen molar-refractivity contribution in [3.63, 3.8) is 0 Å². The molecule has 8 heteroatoms. The van der Waals surface area contributed by atoms with Gasteiger partial charge in [-0.05, 0) is 78.2 Å². The molecule has 0 aliphatic rings. The highest BCUT2D eigenvalue weighted by molar-refractivity contribution is 6.02. The number of carbonyl (C=O) groups excluding carboxylic acids is 1. The van der Waals surface area contributed by atoms with E-state index in [0.717, 1.165) is 22.3 Å². The van der Waals surface area contributed by atoms with Crippen LogP contribution in [0.5, 0.6) is 0 Å². The van der Waals surface area contributed by atoms with Gasteiger partial charge in [-0.15, -0.1) is 0 Å². The summed E-state index contributed by atoms with van der Waals surface area (Å²) in [5.41, 5.74) is 5.98. The van der Waals surface area contributed by atoms with Crippen molar-refractivity contribution in [2.45, 2.75) is 6.92 Å². The van der Waals surface area contributed by atoms with Gasteiger partial charge in [-0.1, -0.05) is 48.5 Å². The number of rotatable bonds is 7. The number of nitro benzene ring substituents is 1. The first-order valence-electron chi connectivity index (χ1n) is 12.8. The van der Waals surface area contributed by atoms with Crippen LogP contribution in [-0.4, -0.2) is 15.8 Å². The number of fused-ring (bicyclic) bond motifs is 1. The molecule has 41 heavy (non-hydrogen) atoms. The second-order valence-corrected chi connectivity index (χ2v) is 9.45. The molecule has 0 saturated heterocycles. The van der Waals surface area contributed by atoms with Gasteiger partial charge in [-0.25, -0.2) is 4.98 Å². The van der Waals surface area contributed by atoms with Crippen LogP contribution < -0.4 is 5.32 Å². The minimum atomic E-state index is -0.440. The maximum Gasteiger partial charge on any atom is 0.280 e. The van der Waals surface area contributed by atoms with Crippen LogP contribution in [0.15, 0.2) is 118 Å². The van der Waals surface area contributed by atoms with Crippen molar-refractivity contribution < 1.29 is 18.6 Å². The van der Waals surface area contributed by atoms with Crippen LogP contribution in [0.1, 0.15) is 11.3 Å². The standard InChI is InChI=1S/C33H23N3O5/c1-21-7-15-27(29(19-21)36(38)39)30-17-13-26(40-30)14-18-32(37)34-25-12-16-31-28(20-25)35-33(41-31)24-10-8-23(9-11-24)22-5-3-2-4-6-22/h2-20H,1H3,(H,34,37)/b18-14+. The fourth-order valence-corrected chi connectivity index (χ4v) is 4.49. The molecule has 0 fully saturated rings. The number of nitro groups is 1. The molecule has 1 amide bonds. The molecule has 0 saturated carbocycles. The monoisotopic (exact) mass is 541 g/mol. The van der Waals surface area contributed by atoms with Crippen molar-refractivity contribution in [2.75, 3.05) is 5.32 Å². The Morgan fingerprint density at radius 1 is 0.854 bits per heavy atom. The minimum Gasteiger partial charge on any atom is -0.456 e. The van der Waals surface area contributed by atoms with Crippen molar-refractivity contribution in [1.29, 1.82) is 0 Å². The summed E-state index contributed by atoms with van der Waals surface area (Å²) in [5, 5.41) is 14.3. The number of aryl methyl sites for hydroxylation is 1. The molecule has 0 spiro atoms. The van der Waals surface area contributed by atoms with E-state index >= 15 is 0 Å². The van der Waals surface area contributed by atoms with Gasteiger partial charge in [0.25, 0.3) is 5.69 Å². The Morgan fingerprint density at radius 2 is 1.61 bits per heavy atom. The van der Waals surface area contributed by atoms with Gasteiger partial charge < -0.3 is 14.2 Å². The highest BCUT2D eigenvalue weighted by Gasteiger charge is 2.18. The predicted molar refractivity (Wildman–Crippen MR) is 158 cm³/mol. The Morgan fingerprint density at radius 3 is 2.39 bits per heavy atom. The lowest BCUT2D eigenvalue weighted by Gasteiger charge is -2.02. The van der Waals surface area contributed by atoms with Gasteiger partial charge in [-0.3, -0.25) is 14.9 Å². The first kappa shape index (κ1) is 25.5. The number of furan rings is 1. The van der Waals surface area contributed by atoms with Gasteiger partial charge in [0.1, 0.15) is 17.0 Å². The van der Waals surface area contributed by atoms with Gasteiger partial charge in [-0.2, -0.15) is 0 Å². The summed E-state index contributed by atoms with van der Waals surface area (Å²) >= 11 is 0. The third-order valence-corrected chi connectivity index (χ3v) is 6.54. The summed E-state index contributed by atoms with van der Waals surface area (Å²) in [6, 6.07) is 31.6. The SMILES string of the molecule is Cc1ccc(-c2ccc(/C=C/C(=O)Nc3ccc4oc(-c5ccc(-c6ccccc6)cc5)nc4c3)o2)c([N+](=O)[O-])c1. The predicted octanol–water partition coefficient (Wildman–Crippen LogP) is 8.29. The number of carbonyl (C=O) groups is 1. The number of hydrogen-bond acceptors (Lipinski definition) is 6. The van der Waals surface area contributed by atoms with E-state index in [0.29, 0.717) is 39.8 Å². The average molecular weight is 542 g/mol. The third-order valence-electron chi connectivity index (χ3n) is 6.54. The number of amides is 1. The van der Waals surface area contributed by atoms with Crippen LogP contribution in [-0.2, 0) is 4.79 Å². The van der Waals surface area contributed by atoms with Crippen LogP contribution in [0.25, 0.3) is 51.1 Å². The van der Waals surface area contributed by atoms with Crippen LogP contribution in [0.2, 0.25) is 0 Å². The highest BCUT2D eigenvalue weighted by Crippen LogP contribution is 2.32. The third kappa shape index (κ3) is 5.53. The maximum absolute atomic E-state index is 12.6. The smallest absolute Gasteiger partial charge is 0.280 e. The number of nitrogens with one attached hydrogen (secondary N) is 1. The number of nitrogens with zero attached hydrogens (tertiary/aromatic N) is 2. The van der Waals surface area contributed by atoms with E-state index in [1.54, 1.807) is 49.4 Å². The fourth-order valence-electron chi connectivity index (χ4n) is 4.49. The average Bonchev–Trinajstić information content (AvgIpc) is 3.64. The second kappa shape index (κ2) is 10.8. The lowest BCUT2D eigenvalue weighted by atomic mass is 10.0. The summed E-state index contributed by atoms with van der Waals surface area (Å²) in [5.74, 6) is 0.855. The van der Waals surface area contributed by atoms with Crippen molar-refractivity contribution in [2.24, 2.45) is 0 Å². The molecule has 0 atom stereocenters. The van der Waals surface area contributed by atoms with E-state index in [1.807, 2.05) is 42.5 Å². The molecule has 0 radical (unpaired) electrons. The van der Waals surface area contributed by atoms with E-state index in [9.17, 15) is 14.9 Å². The summed E-state index contributed by atoms with van der Waals surface area (Å²) in [4.78, 5) is 28.2. The van der Waals surface area contributed by atoms with Crippen LogP contribution in [0, 0.1) is 17.0 Å². The van der Waals surface area contributed by atoms with Crippen molar-refractivity contribution in [3.05, 3.63) is 131 Å². The summed E-state index contributed by atoms with van der Waals surface area (Å²) < 4.78 is 11.7. The zero-order chi connectivity index (χ0) is 28.3. The van der Waals surface area contributed by atoms with Gasteiger partial charge in [0.2, 0.25) is 11.8 Å². The Bertz CT molecular complexity index is 1920. The molecule has 6 rings (SSSR count). The molecule has 2 heterocycles. The van der Waals surface area contributed by atoms with Gasteiger partial charge >= 0.3 is 0 Å². The molecule has 2 aromatic heterocycles. The van der Waals surface area contributed by atoms with Gasteiger partial charge in [0.15, 0.2) is 5.58 Å². The zero-order valence-corrected chi connectivity index (χ0v) is 21.9. The highest BCUT2D eigenvalue weighted by atomic mass is 16.6. The molecular weight excluding hydrogens is 518 g/mol. The topological polar surface area (TPSA) is 111 Å². The van der Waals surface area contributed by atoms with E-state index < -0.39 is 4.92 Å². The minimum absolute atomic E-state index is 0.0387. The van der Waals surface area contributed by atoms with E-state index in [2.05, 4.69) is 22.4 Å². The molecule has 0 unspecified atom stereocenters. The van der Waals surface area contributed by atoms with Gasteiger partial charge in [0.05, 0.1) is 10.5 Å². The molecule has 0 aliphatic carbocycles. The van der Waals surface area contributed by atoms with Crippen molar-refractivity contribution in [1.82, 2.24) is 4.98 Å². The van der Waals surface area contributed by atoms with Gasteiger partial charge in [0, 0.05) is 23.4 Å². The molecule has 4 aromatic carbocycles. The van der Waals surface area contributed by atoms with Crippen molar-refractivity contribution in [3.8, 4) is 33.9 Å². The van der Waals surface area contributed by atoms with Crippen molar-refractivity contribution >= 4 is 34.5 Å². The number of benzene rings is 4. The molecule has 1 N–H and O–H groups in total. The molecule has 6 aromatic rings. The molecule has 200 valence electrons. The summed E-state index contributed by atoms with van der Waals surface area (Å²) in [6.07, 6.45) is 2.84. The molecule has 0 bridgehead atoms. The van der Waals surface area contributed by atoms with E-state index in [-0.39, 0.29) is 11.6 Å². The van der Waals surface area contributed by atoms with Crippen LogP contribution in [0.3, 0.4) is 0 Å². The Balaban J connectivity index is 1.14. The second-order valence-electron chi connectivity index (χ2n) is 9.45. The fraction of sp³-hybridized carbons (Fsp3) is 0.0303. The maximum atomic E-state index is 12.6. The lowest BCUT2D eigenvalue weighted by Crippen LogP contribution is -2.07. The molecular formula is C33H23N3O5. The number of hydrogen-bond donors (Lipinski definition) is 1. The number of oxazole rings is 1. The largest absolute Gasteiger partial charge is 0.456 e. The Hall–Kier alpha value is -5.76. The quantitative estimate of drug-likeness (QED) is 0.124. The van der Waals surface area contributed by atoms with Crippen LogP contribution >= 0.6 is 0 Å². The lowest BCUT2D eigenvalue weighted by molar-refractivity contribution is -0.384. The Kier molecular flexibility index (Phi) is 6.71. The van der Waals surface area contributed by atoms with E-state index in [4.69, 9.17) is 8.83 Å². The summed E-state index contributed by atoms with van der Waals surface area (Å²) in [6.45, 7) is 1.79. The first-order valence-corrected chi connectivity index (χ1v) is 12.8. The zero-order valence-electron chi connectivity index (χ0n) is 21.9. The first-order chi connectivity index (χ1) is 19.9.